The smallest absolute Gasteiger partial charge is 0.244 e. The highest BCUT2D eigenvalue weighted by Gasteiger charge is 2.13. The molecule has 0 aliphatic carbocycles. The number of nitrogens with one attached hydrogen (secondary N) is 1. The standard InChI is InChI=1S/C19H21N3O3/c1-4-18-21-14-7-5-6-8-15(14)22(18)12-19(23)20-13-9-10-16(24-2)17(11-13)25-3/h5-11H,4,12H2,1-3H3,(H,20,23). The minimum Gasteiger partial charge on any atom is -0.493 e. The molecule has 0 atom stereocenters. The Morgan fingerprint density at radius 2 is 1.88 bits per heavy atom. The van der Waals surface area contributed by atoms with Crippen molar-refractivity contribution in [2.24, 2.45) is 0 Å². The third-order valence-corrected chi connectivity index (χ3v) is 4.02. The van der Waals surface area contributed by atoms with Crippen molar-refractivity contribution in [1.29, 1.82) is 0 Å². The van der Waals surface area contributed by atoms with Gasteiger partial charge in [-0.15, -0.1) is 0 Å². The quantitative estimate of drug-likeness (QED) is 0.749. The molecule has 3 aromatic rings. The van der Waals surface area contributed by atoms with Crippen molar-refractivity contribution < 1.29 is 14.3 Å². The van der Waals surface area contributed by atoms with E-state index in [0.717, 1.165) is 23.3 Å². The molecule has 0 radical (unpaired) electrons. The Bertz CT molecular complexity index is 902. The molecule has 0 fully saturated rings. The first-order valence-corrected chi connectivity index (χ1v) is 8.12. The van der Waals surface area contributed by atoms with Gasteiger partial charge in [-0.05, 0) is 24.3 Å². The number of carbonyl (C=O) groups is 1. The van der Waals surface area contributed by atoms with Crippen molar-refractivity contribution in [3.8, 4) is 11.5 Å². The number of hydrogen-bond acceptors (Lipinski definition) is 4. The molecule has 1 N–H and O–H groups in total. The number of anilines is 1. The monoisotopic (exact) mass is 339 g/mol. The molecular weight excluding hydrogens is 318 g/mol. The summed E-state index contributed by atoms with van der Waals surface area (Å²) in [5.41, 5.74) is 2.52. The average Bonchev–Trinajstić information content (AvgIpc) is 2.99. The Balaban J connectivity index is 1.81. The molecular formula is C19H21N3O3. The van der Waals surface area contributed by atoms with Gasteiger partial charge in [-0.3, -0.25) is 4.79 Å². The number of methoxy groups -OCH3 is 2. The number of aromatic nitrogens is 2. The van der Waals surface area contributed by atoms with Crippen molar-refractivity contribution >= 4 is 22.6 Å². The van der Waals surface area contributed by atoms with E-state index < -0.39 is 0 Å². The molecule has 2 aromatic carbocycles. The lowest BCUT2D eigenvalue weighted by Crippen LogP contribution is -2.20. The maximum Gasteiger partial charge on any atom is 0.244 e. The summed E-state index contributed by atoms with van der Waals surface area (Å²) >= 11 is 0. The van der Waals surface area contributed by atoms with Crippen LogP contribution in [-0.2, 0) is 17.8 Å². The molecule has 6 nitrogen and oxygen atoms in total. The van der Waals surface area contributed by atoms with Crippen molar-refractivity contribution in [2.75, 3.05) is 19.5 Å². The topological polar surface area (TPSA) is 65.4 Å². The molecule has 1 heterocycles. The molecule has 0 aliphatic heterocycles. The summed E-state index contributed by atoms with van der Waals surface area (Å²) in [6.07, 6.45) is 0.762. The molecule has 25 heavy (non-hydrogen) atoms. The minimum absolute atomic E-state index is 0.120. The summed E-state index contributed by atoms with van der Waals surface area (Å²) in [5, 5.41) is 2.90. The number of imidazole rings is 1. The van der Waals surface area contributed by atoms with Crippen LogP contribution in [0.4, 0.5) is 5.69 Å². The first kappa shape index (κ1) is 16.8. The highest BCUT2D eigenvalue weighted by atomic mass is 16.5. The molecule has 0 saturated heterocycles. The van der Waals surface area contributed by atoms with Gasteiger partial charge in [-0.2, -0.15) is 0 Å². The zero-order valence-electron chi connectivity index (χ0n) is 14.6. The largest absolute Gasteiger partial charge is 0.493 e. The highest BCUT2D eigenvalue weighted by molar-refractivity contribution is 5.92. The van der Waals surface area contributed by atoms with Crippen LogP contribution in [0.5, 0.6) is 11.5 Å². The number of amides is 1. The molecule has 1 aromatic heterocycles. The number of rotatable bonds is 6. The van der Waals surface area contributed by atoms with Crippen LogP contribution in [0.3, 0.4) is 0 Å². The van der Waals surface area contributed by atoms with Crippen molar-refractivity contribution in [1.82, 2.24) is 9.55 Å². The third-order valence-electron chi connectivity index (χ3n) is 4.02. The second-order valence-electron chi connectivity index (χ2n) is 5.57. The summed E-state index contributed by atoms with van der Waals surface area (Å²) in [5.74, 6) is 1.96. The number of carbonyl (C=O) groups excluding carboxylic acids is 1. The number of fused-ring (bicyclic) bond motifs is 1. The van der Waals surface area contributed by atoms with E-state index in [9.17, 15) is 4.79 Å². The third kappa shape index (κ3) is 3.42. The van der Waals surface area contributed by atoms with Gasteiger partial charge in [0.1, 0.15) is 12.4 Å². The lowest BCUT2D eigenvalue weighted by molar-refractivity contribution is -0.116. The Labute approximate surface area is 146 Å². The number of para-hydroxylation sites is 2. The lowest BCUT2D eigenvalue weighted by Gasteiger charge is -2.12. The van der Waals surface area contributed by atoms with Crippen molar-refractivity contribution in [3.63, 3.8) is 0 Å². The fourth-order valence-electron chi connectivity index (χ4n) is 2.83. The minimum atomic E-state index is -0.120. The zero-order valence-corrected chi connectivity index (χ0v) is 14.6. The van der Waals surface area contributed by atoms with E-state index in [4.69, 9.17) is 9.47 Å². The SMILES string of the molecule is CCc1nc2ccccc2n1CC(=O)Nc1ccc(OC)c(OC)c1. The second kappa shape index (κ2) is 7.25. The molecule has 0 spiro atoms. The number of hydrogen-bond donors (Lipinski definition) is 1. The first-order valence-electron chi connectivity index (χ1n) is 8.12. The molecule has 0 bridgehead atoms. The van der Waals surface area contributed by atoms with E-state index in [1.54, 1.807) is 32.4 Å². The molecule has 1 amide bonds. The van der Waals surface area contributed by atoms with E-state index in [1.807, 2.05) is 35.8 Å². The van der Waals surface area contributed by atoms with Crippen LogP contribution in [0.15, 0.2) is 42.5 Å². The van der Waals surface area contributed by atoms with Gasteiger partial charge >= 0.3 is 0 Å². The first-order chi connectivity index (χ1) is 12.2. The predicted molar refractivity (Wildman–Crippen MR) is 97.3 cm³/mol. The maximum absolute atomic E-state index is 12.5. The Hall–Kier alpha value is -3.02. The summed E-state index contributed by atoms with van der Waals surface area (Å²) in [7, 11) is 3.14. The summed E-state index contributed by atoms with van der Waals surface area (Å²) < 4.78 is 12.4. The number of nitrogens with zero attached hydrogens (tertiary/aromatic N) is 2. The summed E-state index contributed by atoms with van der Waals surface area (Å²) in [6, 6.07) is 13.1. The van der Waals surface area contributed by atoms with Crippen molar-refractivity contribution in [3.05, 3.63) is 48.3 Å². The summed E-state index contributed by atoms with van der Waals surface area (Å²) in [4.78, 5) is 17.1. The number of benzene rings is 2. The zero-order chi connectivity index (χ0) is 17.8. The van der Waals surface area contributed by atoms with Gasteiger partial charge in [0.15, 0.2) is 11.5 Å². The van der Waals surface area contributed by atoms with Gasteiger partial charge in [0.2, 0.25) is 5.91 Å². The normalized spacial score (nSPS) is 10.7. The Kier molecular flexibility index (Phi) is 4.88. The molecule has 0 saturated carbocycles. The fourth-order valence-corrected chi connectivity index (χ4v) is 2.83. The van der Waals surface area contributed by atoms with Gasteiger partial charge in [0.25, 0.3) is 0 Å². The van der Waals surface area contributed by atoms with Crippen LogP contribution in [0, 0.1) is 0 Å². The van der Waals surface area contributed by atoms with E-state index >= 15 is 0 Å². The van der Waals surface area contributed by atoms with E-state index in [0.29, 0.717) is 17.2 Å². The van der Waals surface area contributed by atoms with Crippen LogP contribution < -0.4 is 14.8 Å². The van der Waals surface area contributed by atoms with E-state index in [1.165, 1.54) is 0 Å². The van der Waals surface area contributed by atoms with Crippen LogP contribution in [0.2, 0.25) is 0 Å². The molecule has 130 valence electrons. The van der Waals surface area contributed by atoms with Gasteiger partial charge in [0.05, 0.1) is 25.3 Å². The Morgan fingerprint density at radius 1 is 1.12 bits per heavy atom. The molecule has 0 aliphatic rings. The average molecular weight is 339 g/mol. The number of aryl methyl sites for hydroxylation is 1. The van der Waals surface area contributed by atoms with E-state index in [2.05, 4.69) is 10.3 Å². The van der Waals surface area contributed by atoms with Crippen molar-refractivity contribution in [2.45, 2.75) is 19.9 Å². The molecule has 0 unspecified atom stereocenters. The predicted octanol–water partition coefficient (Wildman–Crippen LogP) is 3.25. The Morgan fingerprint density at radius 3 is 2.60 bits per heavy atom. The highest BCUT2D eigenvalue weighted by Crippen LogP contribution is 2.29. The van der Waals surface area contributed by atoms with E-state index in [-0.39, 0.29) is 12.5 Å². The second-order valence-corrected chi connectivity index (χ2v) is 5.57. The van der Waals surface area contributed by atoms with Crippen LogP contribution in [0.1, 0.15) is 12.7 Å². The molecule has 6 heteroatoms. The lowest BCUT2D eigenvalue weighted by atomic mass is 10.2. The number of ether oxygens (including phenoxy) is 2. The molecule has 3 rings (SSSR count). The van der Waals surface area contributed by atoms with Gasteiger partial charge in [-0.25, -0.2) is 4.98 Å². The summed E-state index contributed by atoms with van der Waals surface area (Å²) in [6.45, 7) is 2.24. The fraction of sp³-hybridized carbons (Fsp3) is 0.263. The van der Waals surface area contributed by atoms with Gasteiger partial charge in [0, 0.05) is 18.2 Å². The van der Waals surface area contributed by atoms with Crippen LogP contribution in [0.25, 0.3) is 11.0 Å². The van der Waals surface area contributed by atoms with Crippen LogP contribution in [-0.4, -0.2) is 29.7 Å². The maximum atomic E-state index is 12.5. The van der Waals surface area contributed by atoms with Gasteiger partial charge < -0.3 is 19.4 Å². The van der Waals surface area contributed by atoms with Crippen LogP contribution >= 0.6 is 0 Å². The van der Waals surface area contributed by atoms with Gasteiger partial charge in [-0.1, -0.05) is 19.1 Å².